The largest absolute Gasteiger partial charge is 0.464 e. The minimum atomic E-state index is -0.625. The molecule has 0 N–H and O–H groups in total. The number of aromatic nitrogens is 1. The summed E-state index contributed by atoms with van der Waals surface area (Å²) in [6.07, 6.45) is 2.78. The van der Waals surface area contributed by atoms with Crippen LogP contribution < -0.4 is 0 Å². The van der Waals surface area contributed by atoms with Gasteiger partial charge in [-0.15, -0.1) is 0 Å². The number of carbonyl (C=O) groups excluding carboxylic acids is 2. The maximum Gasteiger partial charge on any atom is 0.310 e. The molecule has 5 nitrogen and oxygen atoms in total. The van der Waals surface area contributed by atoms with Crippen molar-refractivity contribution in [2.24, 2.45) is 0 Å². The number of Topliss-reactive ketones (excluding diaryl/α,β-unsaturated/α-hetero) is 1. The van der Waals surface area contributed by atoms with Gasteiger partial charge in [0, 0.05) is 22.9 Å². The second-order valence-electron chi connectivity index (χ2n) is 9.40. The first-order valence-corrected chi connectivity index (χ1v) is 11.8. The summed E-state index contributed by atoms with van der Waals surface area (Å²) in [5, 5.41) is 0.217. The summed E-state index contributed by atoms with van der Waals surface area (Å²) < 4.78 is 25.8. The quantitative estimate of drug-likeness (QED) is 0.198. The smallest absolute Gasteiger partial charge is 0.310 e. The molecule has 2 heterocycles. The number of hydrogen-bond acceptors (Lipinski definition) is 5. The average Bonchev–Trinajstić information content (AvgIpc) is 3.31. The maximum absolute atomic E-state index is 14.9. The maximum atomic E-state index is 14.9. The van der Waals surface area contributed by atoms with Crippen molar-refractivity contribution in [2.45, 2.75) is 39.2 Å². The van der Waals surface area contributed by atoms with E-state index in [-0.39, 0.29) is 29.1 Å². The summed E-state index contributed by atoms with van der Waals surface area (Å²) in [6.45, 7) is 5.34. The Balaban J connectivity index is 1.49. The molecule has 0 amide bonds. The number of rotatable bonds is 7. The zero-order valence-electron chi connectivity index (χ0n) is 20.2. The van der Waals surface area contributed by atoms with Gasteiger partial charge >= 0.3 is 5.97 Å². The molecule has 0 aliphatic heterocycles. The Morgan fingerprint density at radius 1 is 0.972 bits per heavy atom. The number of ketones is 1. The molecule has 0 saturated heterocycles. The monoisotopic (exact) mass is 505 g/mol. The van der Waals surface area contributed by atoms with E-state index in [0.29, 0.717) is 16.9 Å². The number of hydrogen-bond donors (Lipinski definition) is 0. The minimum absolute atomic E-state index is 0.00722. The fourth-order valence-electron chi connectivity index (χ4n) is 3.69. The molecule has 0 atom stereocenters. The van der Waals surface area contributed by atoms with Gasteiger partial charge in [0.25, 0.3) is 0 Å². The number of halogens is 2. The molecule has 0 saturated carbocycles. The lowest BCUT2D eigenvalue weighted by molar-refractivity contribution is -0.153. The van der Waals surface area contributed by atoms with E-state index >= 15 is 0 Å². The van der Waals surface area contributed by atoms with Gasteiger partial charge in [0.2, 0.25) is 0 Å². The Morgan fingerprint density at radius 2 is 1.72 bits per heavy atom. The standard InChI is InChI=1S/C29H25ClFNO4/c1-29(2,3)36-28(34)12-18-9-10-23(30)22(11-18)26(33)15-25-24(31)13-20(16-32-25)27-14-21(17-35-27)19-7-5-4-6-8-19/h4-11,13-14,16-17H,12,15H2,1-3H3. The van der Waals surface area contributed by atoms with Gasteiger partial charge in [-0.3, -0.25) is 14.6 Å². The van der Waals surface area contributed by atoms with Crippen LogP contribution in [0.15, 0.2) is 77.5 Å². The van der Waals surface area contributed by atoms with Crippen LogP contribution in [0.3, 0.4) is 0 Å². The molecule has 36 heavy (non-hydrogen) atoms. The molecule has 0 spiro atoms. The molecule has 0 aliphatic rings. The number of ether oxygens (including phenoxy) is 1. The number of pyridine rings is 1. The van der Waals surface area contributed by atoms with Crippen LogP contribution in [0.25, 0.3) is 22.5 Å². The topological polar surface area (TPSA) is 69.4 Å². The van der Waals surface area contributed by atoms with Gasteiger partial charge in [-0.2, -0.15) is 0 Å². The molecule has 0 aliphatic carbocycles. The molecular weight excluding hydrogens is 481 g/mol. The van der Waals surface area contributed by atoms with E-state index in [1.807, 2.05) is 36.4 Å². The molecule has 0 bridgehead atoms. The summed E-state index contributed by atoms with van der Waals surface area (Å²) in [4.78, 5) is 29.3. The van der Waals surface area contributed by atoms with Crippen LogP contribution in [0.1, 0.15) is 42.4 Å². The van der Waals surface area contributed by atoms with Crippen molar-refractivity contribution in [3.8, 4) is 22.5 Å². The molecule has 4 rings (SSSR count). The Hall–Kier alpha value is -3.77. The summed E-state index contributed by atoms with van der Waals surface area (Å²) in [5.41, 5.74) is 2.46. The third-order valence-corrected chi connectivity index (χ3v) is 5.67. The number of carbonyl (C=O) groups is 2. The van der Waals surface area contributed by atoms with Crippen molar-refractivity contribution in [3.05, 3.63) is 101 Å². The van der Waals surface area contributed by atoms with Gasteiger partial charge in [0.1, 0.15) is 17.2 Å². The number of furan rings is 1. The van der Waals surface area contributed by atoms with E-state index in [2.05, 4.69) is 4.98 Å². The molecule has 0 radical (unpaired) electrons. The van der Waals surface area contributed by atoms with Gasteiger partial charge in [-0.05, 0) is 56.2 Å². The van der Waals surface area contributed by atoms with Crippen molar-refractivity contribution in [3.63, 3.8) is 0 Å². The number of benzene rings is 2. The molecule has 0 unspecified atom stereocenters. The first-order chi connectivity index (χ1) is 17.1. The van der Waals surface area contributed by atoms with Gasteiger partial charge in [-0.1, -0.05) is 48.0 Å². The lowest BCUT2D eigenvalue weighted by Crippen LogP contribution is -2.25. The van der Waals surface area contributed by atoms with Crippen LogP contribution in [0.5, 0.6) is 0 Å². The van der Waals surface area contributed by atoms with E-state index in [4.69, 9.17) is 20.8 Å². The van der Waals surface area contributed by atoms with Crippen molar-refractivity contribution in [2.75, 3.05) is 0 Å². The summed E-state index contributed by atoms with van der Waals surface area (Å²) in [6, 6.07) is 17.5. The van der Waals surface area contributed by atoms with Crippen LogP contribution in [-0.4, -0.2) is 22.3 Å². The first kappa shape index (κ1) is 25.3. The molecule has 0 fully saturated rings. The van der Waals surface area contributed by atoms with Crippen molar-refractivity contribution in [1.82, 2.24) is 4.98 Å². The molecule has 184 valence electrons. The van der Waals surface area contributed by atoms with Crippen LogP contribution in [0.2, 0.25) is 5.02 Å². The second kappa shape index (κ2) is 10.5. The minimum Gasteiger partial charge on any atom is -0.464 e. The third kappa shape index (κ3) is 6.26. The molecule has 4 aromatic rings. The van der Waals surface area contributed by atoms with Crippen LogP contribution in [0, 0.1) is 5.82 Å². The zero-order valence-corrected chi connectivity index (χ0v) is 20.9. The van der Waals surface area contributed by atoms with Crippen LogP contribution in [0.4, 0.5) is 4.39 Å². The highest BCUT2D eigenvalue weighted by Crippen LogP contribution is 2.29. The Kier molecular flexibility index (Phi) is 7.36. The highest BCUT2D eigenvalue weighted by atomic mass is 35.5. The van der Waals surface area contributed by atoms with E-state index in [1.54, 1.807) is 39.2 Å². The Bertz CT molecular complexity index is 1410. The van der Waals surface area contributed by atoms with Gasteiger partial charge in [-0.25, -0.2) is 4.39 Å². The SMILES string of the molecule is CC(C)(C)OC(=O)Cc1ccc(Cl)c(C(=O)Cc2ncc(-c3cc(-c4ccccc4)co3)cc2F)c1. The van der Waals surface area contributed by atoms with Crippen molar-refractivity contribution >= 4 is 23.4 Å². The second-order valence-corrected chi connectivity index (χ2v) is 9.80. The lowest BCUT2D eigenvalue weighted by atomic mass is 10.0. The van der Waals surface area contributed by atoms with Gasteiger partial charge in [0.05, 0.1) is 29.8 Å². The Morgan fingerprint density at radius 3 is 2.42 bits per heavy atom. The third-order valence-electron chi connectivity index (χ3n) is 5.34. The normalized spacial score (nSPS) is 11.4. The molecule has 7 heteroatoms. The zero-order chi connectivity index (χ0) is 25.9. The summed E-state index contributed by atoms with van der Waals surface area (Å²) in [7, 11) is 0. The fourth-order valence-corrected chi connectivity index (χ4v) is 3.91. The Labute approximate surface area is 213 Å². The van der Waals surface area contributed by atoms with Crippen LogP contribution >= 0.6 is 11.6 Å². The first-order valence-electron chi connectivity index (χ1n) is 11.4. The predicted octanol–water partition coefficient (Wildman–Crippen LogP) is 7.11. The molecule has 2 aromatic carbocycles. The number of esters is 1. The van der Waals surface area contributed by atoms with E-state index in [9.17, 15) is 14.0 Å². The summed E-state index contributed by atoms with van der Waals surface area (Å²) in [5.74, 6) is -0.981. The predicted molar refractivity (Wildman–Crippen MR) is 136 cm³/mol. The van der Waals surface area contributed by atoms with E-state index in [1.165, 1.54) is 18.3 Å². The van der Waals surface area contributed by atoms with Gasteiger partial charge < -0.3 is 9.15 Å². The van der Waals surface area contributed by atoms with E-state index in [0.717, 1.165) is 11.1 Å². The van der Waals surface area contributed by atoms with Crippen molar-refractivity contribution < 1.29 is 23.1 Å². The highest BCUT2D eigenvalue weighted by Gasteiger charge is 2.20. The van der Waals surface area contributed by atoms with Gasteiger partial charge in [0.15, 0.2) is 5.78 Å². The summed E-state index contributed by atoms with van der Waals surface area (Å²) >= 11 is 6.23. The fraction of sp³-hybridized carbons (Fsp3) is 0.207. The van der Waals surface area contributed by atoms with Crippen molar-refractivity contribution in [1.29, 1.82) is 0 Å². The molecular formula is C29H25ClFNO4. The molecule has 2 aromatic heterocycles. The lowest BCUT2D eigenvalue weighted by Gasteiger charge is -2.19. The average molecular weight is 506 g/mol. The highest BCUT2D eigenvalue weighted by molar-refractivity contribution is 6.34. The number of nitrogens with zero attached hydrogens (tertiary/aromatic N) is 1. The van der Waals surface area contributed by atoms with Crippen LogP contribution in [-0.2, 0) is 22.4 Å². The van der Waals surface area contributed by atoms with E-state index < -0.39 is 23.2 Å².